The van der Waals surface area contributed by atoms with Crippen LogP contribution < -0.4 is 10.1 Å². The summed E-state index contributed by atoms with van der Waals surface area (Å²) in [5.41, 5.74) is 1.23. The smallest absolute Gasteiger partial charge is 0.322 e. The Bertz CT molecular complexity index is 545. The van der Waals surface area contributed by atoms with Gasteiger partial charge in [0.25, 0.3) is 0 Å². The maximum atomic E-state index is 5.33. The van der Waals surface area contributed by atoms with E-state index >= 15 is 0 Å². The fraction of sp³-hybridized carbons (Fsp3) is 0.308. The Morgan fingerprint density at radius 3 is 2.53 bits per heavy atom. The number of hydrogen-bond acceptors (Lipinski definition) is 6. The van der Waals surface area contributed by atoms with Gasteiger partial charge in [-0.1, -0.05) is 17.7 Å². The van der Waals surface area contributed by atoms with E-state index in [4.69, 9.17) is 4.74 Å². The van der Waals surface area contributed by atoms with E-state index in [0.29, 0.717) is 23.7 Å². The SMILES string of the molecule is CCOc1nc(NC)nc(Sc2ccc(C)cc2)n1. The average Bonchev–Trinajstić information content (AvgIpc) is 2.41. The molecule has 19 heavy (non-hydrogen) atoms. The van der Waals surface area contributed by atoms with E-state index in [0.717, 1.165) is 4.90 Å². The van der Waals surface area contributed by atoms with Crippen molar-refractivity contribution in [3.05, 3.63) is 29.8 Å². The Morgan fingerprint density at radius 1 is 1.16 bits per heavy atom. The molecule has 1 heterocycles. The Hall–Kier alpha value is -1.82. The normalized spacial score (nSPS) is 10.3. The van der Waals surface area contributed by atoms with E-state index in [-0.39, 0.29) is 0 Å². The molecule has 2 aromatic rings. The largest absolute Gasteiger partial charge is 0.464 e. The lowest BCUT2D eigenvalue weighted by Crippen LogP contribution is -2.04. The highest BCUT2D eigenvalue weighted by atomic mass is 32.2. The molecule has 1 N–H and O–H groups in total. The second kappa shape index (κ2) is 6.38. The molecule has 0 aliphatic heterocycles. The molecular weight excluding hydrogens is 260 g/mol. The zero-order valence-electron chi connectivity index (χ0n) is 11.2. The predicted molar refractivity (Wildman–Crippen MR) is 75.8 cm³/mol. The van der Waals surface area contributed by atoms with Gasteiger partial charge in [0.15, 0.2) is 0 Å². The van der Waals surface area contributed by atoms with Crippen LogP contribution in [0.15, 0.2) is 34.3 Å². The van der Waals surface area contributed by atoms with Crippen molar-refractivity contribution in [2.45, 2.75) is 23.9 Å². The minimum atomic E-state index is 0.344. The van der Waals surface area contributed by atoms with E-state index < -0.39 is 0 Å². The monoisotopic (exact) mass is 276 g/mol. The van der Waals surface area contributed by atoms with Gasteiger partial charge in [-0.2, -0.15) is 15.0 Å². The van der Waals surface area contributed by atoms with Gasteiger partial charge >= 0.3 is 6.01 Å². The standard InChI is InChI=1S/C13H16N4OS/c1-4-18-12-15-11(14-3)16-13(17-12)19-10-7-5-9(2)6-8-10/h5-8H,4H2,1-3H3,(H,14,15,16,17). The summed E-state index contributed by atoms with van der Waals surface area (Å²) in [6.45, 7) is 4.49. The number of ether oxygens (including phenoxy) is 1. The lowest BCUT2D eigenvalue weighted by Gasteiger charge is -2.06. The first-order valence-corrected chi connectivity index (χ1v) is 6.84. The van der Waals surface area contributed by atoms with Crippen LogP contribution in [0.5, 0.6) is 6.01 Å². The molecule has 0 radical (unpaired) electrons. The Morgan fingerprint density at radius 2 is 1.89 bits per heavy atom. The van der Waals surface area contributed by atoms with Crippen molar-refractivity contribution in [1.29, 1.82) is 0 Å². The quantitative estimate of drug-likeness (QED) is 0.906. The third-order valence-electron chi connectivity index (χ3n) is 2.32. The van der Waals surface area contributed by atoms with Crippen LogP contribution in [0.3, 0.4) is 0 Å². The van der Waals surface area contributed by atoms with Gasteiger partial charge in [0.2, 0.25) is 11.1 Å². The summed E-state index contributed by atoms with van der Waals surface area (Å²) in [5.74, 6) is 0.507. The van der Waals surface area contributed by atoms with E-state index in [1.807, 2.05) is 19.1 Å². The fourth-order valence-corrected chi connectivity index (χ4v) is 2.14. The van der Waals surface area contributed by atoms with Crippen LogP contribution in [0.1, 0.15) is 12.5 Å². The lowest BCUT2D eigenvalue weighted by atomic mass is 10.2. The van der Waals surface area contributed by atoms with E-state index in [1.165, 1.54) is 17.3 Å². The number of aromatic nitrogens is 3. The number of rotatable bonds is 5. The van der Waals surface area contributed by atoms with Crippen molar-refractivity contribution in [2.75, 3.05) is 19.0 Å². The molecule has 0 bridgehead atoms. The minimum absolute atomic E-state index is 0.344. The number of hydrogen-bond donors (Lipinski definition) is 1. The number of nitrogens with one attached hydrogen (secondary N) is 1. The third-order valence-corrected chi connectivity index (χ3v) is 3.19. The second-order valence-corrected chi connectivity index (χ2v) is 4.86. The van der Waals surface area contributed by atoms with Crippen LogP contribution in [0, 0.1) is 6.92 Å². The number of anilines is 1. The Labute approximate surface area is 116 Å². The van der Waals surface area contributed by atoms with E-state index in [9.17, 15) is 0 Å². The van der Waals surface area contributed by atoms with Crippen molar-refractivity contribution in [3.8, 4) is 6.01 Å². The van der Waals surface area contributed by atoms with Gasteiger partial charge in [0, 0.05) is 11.9 Å². The highest BCUT2D eigenvalue weighted by Gasteiger charge is 2.07. The molecule has 6 heteroatoms. The van der Waals surface area contributed by atoms with Crippen molar-refractivity contribution in [3.63, 3.8) is 0 Å². The van der Waals surface area contributed by atoms with E-state index in [2.05, 4.69) is 39.3 Å². The zero-order valence-corrected chi connectivity index (χ0v) is 12.0. The average molecular weight is 276 g/mol. The molecule has 0 unspecified atom stereocenters. The van der Waals surface area contributed by atoms with Crippen LogP contribution in [0.25, 0.3) is 0 Å². The zero-order chi connectivity index (χ0) is 13.7. The van der Waals surface area contributed by atoms with Crippen molar-refractivity contribution in [2.24, 2.45) is 0 Å². The first-order valence-electron chi connectivity index (χ1n) is 6.02. The van der Waals surface area contributed by atoms with Gasteiger partial charge in [-0.3, -0.25) is 0 Å². The Balaban J connectivity index is 2.23. The molecule has 1 aromatic heterocycles. The maximum absolute atomic E-state index is 5.33. The molecule has 100 valence electrons. The van der Waals surface area contributed by atoms with Gasteiger partial charge < -0.3 is 10.1 Å². The minimum Gasteiger partial charge on any atom is -0.464 e. The molecule has 5 nitrogen and oxygen atoms in total. The number of aryl methyl sites for hydroxylation is 1. The highest BCUT2D eigenvalue weighted by Crippen LogP contribution is 2.26. The van der Waals surface area contributed by atoms with Gasteiger partial charge in [-0.15, -0.1) is 0 Å². The van der Waals surface area contributed by atoms with Crippen molar-refractivity contribution in [1.82, 2.24) is 15.0 Å². The molecule has 0 saturated heterocycles. The van der Waals surface area contributed by atoms with E-state index in [1.54, 1.807) is 7.05 Å². The molecule has 0 aliphatic rings. The van der Waals surface area contributed by atoms with Gasteiger partial charge in [-0.25, -0.2) is 0 Å². The van der Waals surface area contributed by atoms with Crippen LogP contribution in [0.4, 0.5) is 5.95 Å². The fourth-order valence-electron chi connectivity index (χ4n) is 1.40. The molecule has 0 saturated carbocycles. The van der Waals surface area contributed by atoms with Crippen LogP contribution in [-0.2, 0) is 0 Å². The first-order chi connectivity index (χ1) is 9.21. The summed E-state index contributed by atoms with van der Waals surface area (Å²) in [4.78, 5) is 13.8. The molecule has 0 fully saturated rings. The number of benzene rings is 1. The summed E-state index contributed by atoms with van der Waals surface area (Å²) in [6.07, 6.45) is 0. The van der Waals surface area contributed by atoms with Crippen LogP contribution in [-0.4, -0.2) is 28.6 Å². The molecule has 0 spiro atoms. The van der Waals surface area contributed by atoms with Crippen molar-refractivity contribution < 1.29 is 4.74 Å². The van der Waals surface area contributed by atoms with Crippen LogP contribution in [0.2, 0.25) is 0 Å². The van der Waals surface area contributed by atoms with Gasteiger partial charge in [0.05, 0.1) is 6.61 Å². The molecule has 1 aromatic carbocycles. The number of nitrogens with zero attached hydrogens (tertiary/aromatic N) is 3. The van der Waals surface area contributed by atoms with Gasteiger partial charge in [0.1, 0.15) is 0 Å². The van der Waals surface area contributed by atoms with Gasteiger partial charge in [-0.05, 0) is 37.7 Å². The van der Waals surface area contributed by atoms with Crippen LogP contribution >= 0.6 is 11.8 Å². The summed E-state index contributed by atoms with van der Waals surface area (Å²) in [7, 11) is 1.77. The predicted octanol–water partition coefficient (Wildman–Crippen LogP) is 2.77. The summed E-state index contributed by atoms with van der Waals surface area (Å²) >= 11 is 1.48. The first kappa shape index (κ1) is 13.6. The second-order valence-electron chi connectivity index (χ2n) is 3.82. The summed E-state index contributed by atoms with van der Waals surface area (Å²) < 4.78 is 5.33. The molecule has 2 rings (SSSR count). The highest BCUT2D eigenvalue weighted by molar-refractivity contribution is 7.99. The lowest BCUT2D eigenvalue weighted by molar-refractivity contribution is 0.308. The molecule has 0 amide bonds. The van der Waals surface area contributed by atoms with Crippen molar-refractivity contribution >= 4 is 17.7 Å². The molecular formula is C13H16N4OS. The molecule has 0 atom stereocenters. The Kier molecular flexibility index (Phi) is 4.57. The third kappa shape index (κ3) is 3.82. The topological polar surface area (TPSA) is 59.9 Å². The summed E-state index contributed by atoms with van der Waals surface area (Å²) in [6, 6.07) is 8.56. The maximum Gasteiger partial charge on any atom is 0.322 e. The summed E-state index contributed by atoms with van der Waals surface area (Å²) in [5, 5.41) is 3.52. The molecule has 0 aliphatic carbocycles.